The standard InChI is InChI=1S/C12H19N3S/c1-7(2)10(13)5-11-9(4)14-12-15(11)8(3)6-16-12/h6-7,10H,5,13H2,1-4H3. The Bertz CT molecular complexity index is 496. The first-order valence-corrected chi connectivity index (χ1v) is 6.56. The second-order valence-electron chi connectivity index (χ2n) is 4.75. The number of aromatic nitrogens is 2. The number of nitrogens with two attached hydrogens (primary N) is 1. The molecule has 4 heteroatoms. The highest BCUT2D eigenvalue weighted by Gasteiger charge is 2.16. The monoisotopic (exact) mass is 237 g/mol. The number of rotatable bonds is 3. The molecule has 2 N–H and O–H groups in total. The fraction of sp³-hybridized carbons (Fsp3) is 0.583. The molecule has 16 heavy (non-hydrogen) atoms. The smallest absolute Gasteiger partial charge is 0.194 e. The van der Waals surface area contributed by atoms with E-state index in [0.717, 1.165) is 17.1 Å². The van der Waals surface area contributed by atoms with E-state index in [1.165, 1.54) is 11.4 Å². The van der Waals surface area contributed by atoms with Crippen molar-refractivity contribution < 1.29 is 0 Å². The van der Waals surface area contributed by atoms with Crippen LogP contribution in [-0.4, -0.2) is 15.4 Å². The predicted octanol–water partition coefficient (Wildman–Crippen LogP) is 2.54. The van der Waals surface area contributed by atoms with Gasteiger partial charge in [-0.3, -0.25) is 4.40 Å². The van der Waals surface area contributed by atoms with Crippen molar-refractivity contribution in [3.05, 3.63) is 22.5 Å². The van der Waals surface area contributed by atoms with Crippen LogP contribution in [0.2, 0.25) is 0 Å². The first-order chi connectivity index (χ1) is 7.50. The van der Waals surface area contributed by atoms with Gasteiger partial charge in [-0.2, -0.15) is 0 Å². The Morgan fingerprint density at radius 3 is 2.75 bits per heavy atom. The highest BCUT2D eigenvalue weighted by Crippen LogP contribution is 2.22. The minimum absolute atomic E-state index is 0.206. The van der Waals surface area contributed by atoms with Crippen molar-refractivity contribution in [2.45, 2.75) is 40.2 Å². The zero-order valence-corrected chi connectivity index (χ0v) is 11.1. The SMILES string of the molecule is Cc1nc2scc(C)n2c1CC(N)C(C)C. The van der Waals surface area contributed by atoms with Gasteiger partial charge < -0.3 is 5.73 Å². The predicted molar refractivity (Wildman–Crippen MR) is 69.1 cm³/mol. The number of aryl methyl sites for hydroxylation is 2. The molecule has 0 bridgehead atoms. The van der Waals surface area contributed by atoms with Crippen LogP contribution in [0.25, 0.3) is 4.96 Å². The van der Waals surface area contributed by atoms with Gasteiger partial charge in [0.05, 0.1) is 5.69 Å². The number of hydrogen-bond donors (Lipinski definition) is 1. The lowest BCUT2D eigenvalue weighted by atomic mass is 10.00. The van der Waals surface area contributed by atoms with E-state index in [1.54, 1.807) is 11.3 Å². The minimum atomic E-state index is 0.206. The summed E-state index contributed by atoms with van der Waals surface area (Å²) in [5, 5.41) is 2.15. The van der Waals surface area contributed by atoms with Crippen LogP contribution >= 0.6 is 11.3 Å². The molecule has 2 heterocycles. The zero-order valence-electron chi connectivity index (χ0n) is 10.3. The molecule has 88 valence electrons. The third-order valence-corrected chi connectivity index (χ3v) is 4.06. The molecule has 1 unspecified atom stereocenters. The molecule has 2 aromatic rings. The molecule has 0 amide bonds. The molecule has 0 aliphatic heterocycles. The average Bonchev–Trinajstić information content (AvgIpc) is 2.69. The van der Waals surface area contributed by atoms with Crippen LogP contribution in [0.3, 0.4) is 0 Å². The Kier molecular flexibility index (Phi) is 3.04. The molecular formula is C12H19N3S. The van der Waals surface area contributed by atoms with Gasteiger partial charge in [0, 0.05) is 29.2 Å². The van der Waals surface area contributed by atoms with Gasteiger partial charge >= 0.3 is 0 Å². The maximum atomic E-state index is 6.15. The number of thiazole rings is 1. The topological polar surface area (TPSA) is 43.3 Å². The lowest BCUT2D eigenvalue weighted by Gasteiger charge is -2.15. The summed E-state index contributed by atoms with van der Waals surface area (Å²) in [4.78, 5) is 5.66. The quantitative estimate of drug-likeness (QED) is 0.891. The summed E-state index contributed by atoms with van der Waals surface area (Å²) in [7, 11) is 0. The first kappa shape index (κ1) is 11.6. The van der Waals surface area contributed by atoms with Gasteiger partial charge in [0.25, 0.3) is 0 Å². The third-order valence-electron chi connectivity index (χ3n) is 3.12. The van der Waals surface area contributed by atoms with Crippen molar-refractivity contribution in [3.63, 3.8) is 0 Å². The Labute approximate surface area is 100 Å². The summed E-state index contributed by atoms with van der Waals surface area (Å²) in [5.41, 5.74) is 9.79. The Balaban J connectivity index is 2.42. The summed E-state index contributed by atoms with van der Waals surface area (Å²) < 4.78 is 2.24. The second-order valence-corrected chi connectivity index (χ2v) is 5.59. The minimum Gasteiger partial charge on any atom is -0.327 e. The number of fused-ring (bicyclic) bond motifs is 1. The fourth-order valence-corrected chi connectivity index (χ4v) is 2.80. The number of hydrogen-bond acceptors (Lipinski definition) is 3. The highest BCUT2D eigenvalue weighted by molar-refractivity contribution is 7.15. The van der Waals surface area contributed by atoms with E-state index in [2.05, 4.69) is 42.5 Å². The zero-order chi connectivity index (χ0) is 11.9. The number of imidazole rings is 1. The van der Waals surface area contributed by atoms with E-state index < -0.39 is 0 Å². The molecule has 0 aliphatic rings. The van der Waals surface area contributed by atoms with Gasteiger partial charge in [0.2, 0.25) is 0 Å². The highest BCUT2D eigenvalue weighted by atomic mass is 32.1. The fourth-order valence-electron chi connectivity index (χ4n) is 1.87. The van der Waals surface area contributed by atoms with Gasteiger partial charge in [-0.25, -0.2) is 4.98 Å². The van der Waals surface area contributed by atoms with Crippen LogP contribution in [0.4, 0.5) is 0 Å². The largest absolute Gasteiger partial charge is 0.327 e. The molecule has 2 rings (SSSR count). The van der Waals surface area contributed by atoms with Crippen LogP contribution in [0, 0.1) is 19.8 Å². The molecule has 0 aliphatic carbocycles. The van der Waals surface area contributed by atoms with Gasteiger partial charge in [0.1, 0.15) is 0 Å². The molecule has 0 aromatic carbocycles. The molecule has 0 radical (unpaired) electrons. The van der Waals surface area contributed by atoms with Crippen molar-refractivity contribution in [3.8, 4) is 0 Å². The summed E-state index contributed by atoms with van der Waals surface area (Å²) in [5.74, 6) is 0.504. The molecule has 3 nitrogen and oxygen atoms in total. The van der Waals surface area contributed by atoms with E-state index in [4.69, 9.17) is 5.73 Å². The van der Waals surface area contributed by atoms with Crippen LogP contribution < -0.4 is 5.73 Å². The van der Waals surface area contributed by atoms with Crippen LogP contribution in [0.1, 0.15) is 30.9 Å². The lowest BCUT2D eigenvalue weighted by Crippen LogP contribution is -2.29. The van der Waals surface area contributed by atoms with Crippen molar-refractivity contribution in [1.29, 1.82) is 0 Å². The summed E-state index contributed by atoms with van der Waals surface area (Å²) in [6.45, 7) is 8.52. The normalized spacial score (nSPS) is 13.9. The molecule has 0 saturated heterocycles. The molecule has 0 saturated carbocycles. The second kappa shape index (κ2) is 4.18. The molecular weight excluding hydrogens is 218 g/mol. The van der Waals surface area contributed by atoms with Gasteiger partial charge in [-0.05, 0) is 19.8 Å². The summed E-state index contributed by atoms with van der Waals surface area (Å²) >= 11 is 1.70. The molecule has 0 fully saturated rings. The molecule has 2 aromatic heterocycles. The maximum Gasteiger partial charge on any atom is 0.194 e. The maximum absolute atomic E-state index is 6.15. The van der Waals surface area contributed by atoms with E-state index >= 15 is 0 Å². The Morgan fingerprint density at radius 2 is 2.12 bits per heavy atom. The van der Waals surface area contributed by atoms with Gasteiger partial charge in [0.15, 0.2) is 4.96 Å². The summed E-state index contributed by atoms with van der Waals surface area (Å²) in [6.07, 6.45) is 0.905. The van der Waals surface area contributed by atoms with Gasteiger partial charge in [-0.15, -0.1) is 11.3 Å². The van der Waals surface area contributed by atoms with Crippen molar-refractivity contribution in [2.75, 3.05) is 0 Å². The summed E-state index contributed by atoms with van der Waals surface area (Å²) in [6, 6.07) is 0.206. The molecule has 1 atom stereocenters. The number of nitrogens with zero attached hydrogens (tertiary/aromatic N) is 2. The van der Waals surface area contributed by atoms with Crippen molar-refractivity contribution >= 4 is 16.3 Å². The molecule has 0 spiro atoms. The lowest BCUT2D eigenvalue weighted by molar-refractivity contribution is 0.484. The van der Waals surface area contributed by atoms with Crippen LogP contribution in [0.5, 0.6) is 0 Å². The average molecular weight is 237 g/mol. The van der Waals surface area contributed by atoms with Gasteiger partial charge in [-0.1, -0.05) is 13.8 Å². The first-order valence-electron chi connectivity index (χ1n) is 5.68. The van der Waals surface area contributed by atoms with E-state index in [1.807, 2.05) is 0 Å². The van der Waals surface area contributed by atoms with Crippen LogP contribution in [0.15, 0.2) is 5.38 Å². The van der Waals surface area contributed by atoms with Crippen LogP contribution in [-0.2, 0) is 6.42 Å². The Morgan fingerprint density at radius 1 is 1.44 bits per heavy atom. The van der Waals surface area contributed by atoms with E-state index in [0.29, 0.717) is 5.92 Å². The van der Waals surface area contributed by atoms with E-state index in [-0.39, 0.29) is 6.04 Å². The van der Waals surface area contributed by atoms with Crippen molar-refractivity contribution in [1.82, 2.24) is 9.38 Å². The third kappa shape index (κ3) is 1.87. The van der Waals surface area contributed by atoms with Crippen molar-refractivity contribution in [2.24, 2.45) is 11.7 Å². The Hall–Kier alpha value is -0.870. The van der Waals surface area contributed by atoms with E-state index in [9.17, 15) is 0 Å².